The van der Waals surface area contributed by atoms with Crippen molar-refractivity contribution in [3.8, 4) is 5.75 Å². The minimum absolute atomic E-state index is 0.117. The molecular formula is C19H31FN2O. The van der Waals surface area contributed by atoms with Gasteiger partial charge in [-0.1, -0.05) is 20.3 Å². The maximum Gasteiger partial charge on any atom is 0.123 e. The molecule has 1 aliphatic heterocycles. The van der Waals surface area contributed by atoms with Gasteiger partial charge in [0.25, 0.3) is 0 Å². The van der Waals surface area contributed by atoms with Crippen LogP contribution in [0.15, 0.2) is 18.2 Å². The highest BCUT2D eigenvalue weighted by atomic mass is 19.1. The minimum Gasteiger partial charge on any atom is -0.494 e. The van der Waals surface area contributed by atoms with E-state index in [-0.39, 0.29) is 11.7 Å². The Morgan fingerprint density at radius 1 is 1.35 bits per heavy atom. The third kappa shape index (κ3) is 4.67. The number of hydrogen-bond donors (Lipinski definition) is 1. The van der Waals surface area contributed by atoms with Crippen LogP contribution in [0.5, 0.6) is 5.75 Å². The molecule has 0 aliphatic carbocycles. The standard InChI is InChI=1S/C19H31FN2O/c1-4-23-19-9-8-15(20)11-16(19)17(12-21)18-7-5-6-10-22(18)13-14(2)3/h8-9,11,14,17-18H,4-7,10,12-13,21H2,1-3H3. The Hall–Kier alpha value is -1.13. The summed E-state index contributed by atoms with van der Waals surface area (Å²) in [5, 5.41) is 0. The Morgan fingerprint density at radius 3 is 2.78 bits per heavy atom. The summed E-state index contributed by atoms with van der Waals surface area (Å²) in [6.07, 6.45) is 3.58. The van der Waals surface area contributed by atoms with Crippen molar-refractivity contribution in [1.82, 2.24) is 4.90 Å². The van der Waals surface area contributed by atoms with Gasteiger partial charge in [0.05, 0.1) is 6.61 Å². The van der Waals surface area contributed by atoms with Crippen molar-refractivity contribution in [2.45, 2.75) is 52.0 Å². The van der Waals surface area contributed by atoms with E-state index in [9.17, 15) is 4.39 Å². The third-order valence-electron chi connectivity index (χ3n) is 4.65. The fourth-order valence-electron chi connectivity index (χ4n) is 3.76. The van der Waals surface area contributed by atoms with Gasteiger partial charge in [0, 0.05) is 30.6 Å². The maximum absolute atomic E-state index is 13.8. The van der Waals surface area contributed by atoms with Crippen LogP contribution in [0.4, 0.5) is 4.39 Å². The average Bonchev–Trinajstić information content (AvgIpc) is 2.52. The molecule has 2 unspecified atom stereocenters. The molecule has 1 heterocycles. The monoisotopic (exact) mass is 322 g/mol. The van der Waals surface area contributed by atoms with E-state index < -0.39 is 0 Å². The molecule has 1 aliphatic rings. The SMILES string of the molecule is CCOc1ccc(F)cc1C(CN)C1CCCCN1CC(C)C. The summed E-state index contributed by atoms with van der Waals surface area (Å²) >= 11 is 0. The van der Waals surface area contributed by atoms with Gasteiger partial charge in [-0.2, -0.15) is 0 Å². The van der Waals surface area contributed by atoms with Crippen LogP contribution in [-0.2, 0) is 0 Å². The minimum atomic E-state index is -0.215. The van der Waals surface area contributed by atoms with E-state index in [0.717, 1.165) is 30.8 Å². The molecule has 1 aromatic carbocycles. The summed E-state index contributed by atoms with van der Waals surface area (Å²) in [7, 11) is 0. The van der Waals surface area contributed by atoms with Crippen LogP contribution in [0.25, 0.3) is 0 Å². The summed E-state index contributed by atoms with van der Waals surface area (Å²) in [5.41, 5.74) is 7.07. The Morgan fingerprint density at radius 2 is 2.13 bits per heavy atom. The maximum atomic E-state index is 13.8. The third-order valence-corrected chi connectivity index (χ3v) is 4.65. The number of piperidine rings is 1. The number of benzene rings is 1. The first kappa shape index (κ1) is 18.2. The highest BCUT2D eigenvalue weighted by molar-refractivity contribution is 5.38. The summed E-state index contributed by atoms with van der Waals surface area (Å²) in [6, 6.07) is 5.20. The summed E-state index contributed by atoms with van der Waals surface area (Å²) in [6.45, 7) is 9.72. The van der Waals surface area contributed by atoms with E-state index in [1.807, 2.05) is 6.92 Å². The molecule has 0 radical (unpaired) electrons. The number of ether oxygens (including phenoxy) is 1. The smallest absolute Gasteiger partial charge is 0.123 e. The summed E-state index contributed by atoms with van der Waals surface area (Å²) in [4.78, 5) is 2.55. The lowest BCUT2D eigenvalue weighted by molar-refractivity contribution is 0.111. The molecule has 2 rings (SSSR count). The lowest BCUT2D eigenvalue weighted by Crippen LogP contribution is -2.46. The van der Waals surface area contributed by atoms with Gasteiger partial charge in [-0.25, -0.2) is 4.39 Å². The first-order valence-corrected chi connectivity index (χ1v) is 8.93. The Bertz CT molecular complexity index is 492. The Kier molecular flexibility index (Phi) is 6.85. The molecule has 23 heavy (non-hydrogen) atoms. The van der Waals surface area contributed by atoms with Crippen LogP contribution in [-0.4, -0.2) is 37.2 Å². The van der Waals surface area contributed by atoms with E-state index >= 15 is 0 Å². The zero-order chi connectivity index (χ0) is 16.8. The summed E-state index contributed by atoms with van der Waals surface area (Å²) in [5.74, 6) is 1.30. The first-order chi connectivity index (χ1) is 11.1. The van der Waals surface area contributed by atoms with Gasteiger partial charge < -0.3 is 10.5 Å². The molecule has 0 saturated carbocycles. The number of hydrogen-bond acceptors (Lipinski definition) is 3. The quantitative estimate of drug-likeness (QED) is 0.830. The number of likely N-dealkylation sites (tertiary alicyclic amines) is 1. The Labute approximate surface area is 140 Å². The number of halogens is 1. The number of nitrogens with zero attached hydrogens (tertiary/aromatic N) is 1. The zero-order valence-electron chi connectivity index (χ0n) is 14.7. The molecule has 2 N–H and O–H groups in total. The zero-order valence-corrected chi connectivity index (χ0v) is 14.7. The van der Waals surface area contributed by atoms with Crippen LogP contribution in [0.1, 0.15) is 51.5 Å². The molecule has 1 saturated heterocycles. The molecule has 0 amide bonds. The molecule has 4 heteroatoms. The highest BCUT2D eigenvalue weighted by Gasteiger charge is 2.32. The number of rotatable bonds is 7. The van der Waals surface area contributed by atoms with Gasteiger partial charge in [-0.3, -0.25) is 4.90 Å². The van der Waals surface area contributed by atoms with Crippen molar-refractivity contribution in [3.05, 3.63) is 29.6 Å². The second-order valence-electron chi connectivity index (χ2n) is 6.91. The highest BCUT2D eigenvalue weighted by Crippen LogP contribution is 2.35. The van der Waals surface area contributed by atoms with Gasteiger partial charge >= 0.3 is 0 Å². The van der Waals surface area contributed by atoms with Crippen molar-refractivity contribution < 1.29 is 9.13 Å². The predicted octanol–water partition coefficient (Wildman–Crippen LogP) is 3.78. The molecule has 0 bridgehead atoms. The van der Waals surface area contributed by atoms with E-state index in [4.69, 9.17) is 10.5 Å². The van der Waals surface area contributed by atoms with Gasteiger partial charge in [0.15, 0.2) is 0 Å². The molecule has 0 aromatic heterocycles. The topological polar surface area (TPSA) is 38.5 Å². The van der Waals surface area contributed by atoms with Crippen LogP contribution in [0.3, 0.4) is 0 Å². The van der Waals surface area contributed by atoms with Gasteiger partial charge in [-0.15, -0.1) is 0 Å². The van der Waals surface area contributed by atoms with Crippen LogP contribution >= 0.6 is 0 Å². The largest absolute Gasteiger partial charge is 0.494 e. The van der Waals surface area contributed by atoms with E-state index in [2.05, 4.69) is 18.7 Å². The van der Waals surface area contributed by atoms with Crippen LogP contribution < -0.4 is 10.5 Å². The molecule has 3 nitrogen and oxygen atoms in total. The predicted molar refractivity (Wildman–Crippen MR) is 93.4 cm³/mol. The van der Waals surface area contributed by atoms with Gasteiger partial charge in [-0.05, 0) is 50.4 Å². The van der Waals surface area contributed by atoms with Crippen molar-refractivity contribution >= 4 is 0 Å². The average molecular weight is 322 g/mol. The summed E-state index contributed by atoms with van der Waals surface area (Å²) < 4.78 is 19.6. The van der Waals surface area contributed by atoms with Crippen LogP contribution in [0.2, 0.25) is 0 Å². The first-order valence-electron chi connectivity index (χ1n) is 8.93. The van der Waals surface area contributed by atoms with Gasteiger partial charge in [0.2, 0.25) is 0 Å². The molecule has 1 fully saturated rings. The van der Waals surface area contributed by atoms with Crippen molar-refractivity contribution in [1.29, 1.82) is 0 Å². The second kappa shape index (κ2) is 8.65. The van der Waals surface area contributed by atoms with Gasteiger partial charge in [0.1, 0.15) is 11.6 Å². The normalized spacial score (nSPS) is 20.7. The fraction of sp³-hybridized carbons (Fsp3) is 0.684. The molecule has 0 spiro atoms. The van der Waals surface area contributed by atoms with Crippen molar-refractivity contribution in [3.63, 3.8) is 0 Å². The second-order valence-corrected chi connectivity index (χ2v) is 6.91. The van der Waals surface area contributed by atoms with Crippen molar-refractivity contribution in [2.24, 2.45) is 11.7 Å². The van der Waals surface area contributed by atoms with E-state index in [1.54, 1.807) is 12.1 Å². The molecule has 2 atom stereocenters. The lowest BCUT2D eigenvalue weighted by atomic mass is 9.84. The molecular weight excluding hydrogens is 291 g/mol. The van der Waals surface area contributed by atoms with E-state index in [1.165, 1.54) is 18.9 Å². The van der Waals surface area contributed by atoms with E-state index in [0.29, 0.717) is 25.1 Å². The fourth-order valence-corrected chi connectivity index (χ4v) is 3.76. The van der Waals surface area contributed by atoms with Crippen molar-refractivity contribution in [2.75, 3.05) is 26.2 Å². The van der Waals surface area contributed by atoms with Crippen LogP contribution in [0, 0.1) is 11.7 Å². The Balaban J connectivity index is 2.31. The molecule has 1 aromatic rings. The lowest BCUT2D eigenvalue weighted by Gasteiger charge is -2.41. The molecule has 130 valence electrons. The number of nitrogens with two attached hydrogens (primary N) is 1.